The second-order valence-corrected chi connectivity index (χ2v) is 5.80. The first-order valence-corrected chi connectivity index (χ1v) is 7.71. The van der Waals surface area contributed by atoms with E-state index in [4.69, 9.17) is 9.47 Å². The molecule has 1 heterocycles. The monoisotopic (exact) mass is 269 g/mol. The molecule has 19 heavy (non-hydrogen) atoms. The number of carbonyl (C=O) groups is 1. The van der Waals surface area contributed by atoms with E-state index >= 15 is 0 Å². The summed E-state index contributed by atoms with van der Waals surface area (Å²) in [7, 11) is 0. The molecule has 2 aliphatic rings. The van der Waals surface area contributed by atoms with Crippen molar-refractivity contribution in [3.8, 4) is 0 Å². The maximum absolute atomic E-state index is 12.6. The van der Waals surface area contributed by atoms with Gasteiger partial charge in [-0.2, -0.15) is 0 Å². The molecule has 1 N–H and O–H groups in total. The lowest BCUT2D eigenvalue weighted by Crippen LogP contribution is -2.62. The number of hydrogen-bond donors (Lipinski definition) is 1. The van der Waals surface area contributed by atoms with Gasteiger partial charge in [0.25, 0.3) is 0 Å². The fourth-order valence-corrected chi connectivity index (χ4v) is 3.87. The lowest BCUT2D eigenvalue weighted by atomic mass is 9.66. The summed E-state index contributed by atoms with van der Waals surface area (Å²) >= 11 is 0. The maximum atomic E-state index is 12.6. The molecule has 2 fully saturated rings. The normalized spacial score (nSPS) is 29.6. The Morgan fingerprint density at radius 3 is 2.58 bits per heavy atom. The fourth-order valence-electron chi connectivity index (χ4n) is 3.87. The topological polar surface area (TPSA) is 47.6 Å². The Bertz CT molecular complexity index is 313. The van der Waals surface area contributed by atoms with Crippen LogP contribution >= 0.6 is 0 Å². The number of hydrogen-bond acceptors (Lipinski definition) is 4. The zero-order valence-electron chi connectivity index (χ0n) is 12.3. The Hall–Kier alpha value is -0.610. The highest BCUT2D eigenvalue weighted by atomic mass is 16.5. The quantitative estimate of drug-likeness (QED) is 0.778. The van der Waals surface area contributed by atoms with Gasteiger partial charge in [-0.25, -0.2) is 0 Å². The molecule has 0 aromatic rings. The van der Waals surface area contributed by atoms with E-state index in [1.807, 2.05) is 6.92 Å². The summed E-state index contributed by atoms with van der Waals surface area (Å²) in [5.74, 6) is -0.0390. The van der Waals surface area contributed by atoms with E-state index in [0.717, 1.165) is 58.3 Å². The second-order valence-electron chi connectivity index (χ2n) is 5.80. The van der Waals surface area contributed by atoms with Gasteiger partial charge < -0.3 is 14.8 Å². The van der Waals surface area contributed by atoms with Crippen LogP contribution in [-0.2, 0) is 14.3 Å². The Morgan fingerprint density at radius 2 is 1.95 bits per heavy atom. The summed E-state index contributed by atoms with van der Waals surface area (Å²) in [5.41, 5.74) is -0.421. The summed E-state index contributed by atoms with van der Waals surface area (Å²) in [6, 6.07) is 0. The molecule has 1 atom stereocenters. The van der Waals surface area contributed by atoms with Gasteiger partial charge in [-0.3, -0.25) is 4.79 Å². The van der Waals surface area contributed by atoms with Gasteiger partial charge in [0.1, 0.15) is 5.54 Å². The van der Waals surface area contributed by atoms with Gasteiger partial charge in [0.05, 0.1) is 6.61 Å². The van der Waals surface area contributed by atoms with E-state index in [1.54, 1.807) is 0 Å². The summed E-state index contributed by atoms with van der Waals surface area (Å²) in [6.07, 6.45) is 6.12. The number of nitrogens with one attached hydrogen (secondary N) is 1. The lowest BCUT2D eigenvalue weighted by molar-refractivity contribution is -0.160. The van der Waals surface area contributed by atoms with Crippen LogP contribution in [0, 0.1) is 5.41 Å². The summed E-state index contributed by atoms with van der Waals surface area (Å²) in [4.78, 5) is 12.6. The largest absolute Gasteiger partial charge is 0.465 e. The van der Waals surface area contributed by atoms with E-state index in [9.17, 15) is 4.79 Å². The lowest BCUT2D eigenvalue weighted by Gasteiger charge is -2.47. The van der Waals surface area contributed by atoms with Gasteiger partial charge in [-0.15, -0.1) is 0 Å². The van der Waals surface area contributed by atoms with Crippen molar-refractivity contribution in [1.29, 1.82) is 0 Å². The molecule has 1 saturated carbocycles. The average Bonchev–Trinajstić information content (AvgIpc) is 2.77. The Balaban J connectivity index is 2.26. The van der Waals surface area contributed by atoms with E-state index in [1.165, 1.54) is 0 Å². The van der Waals surface area contributed by atoms with Crippen molar-refractivity contribution >= 4 is 5.97 Å². The molecule has 1 spiro atoms. The highest BCUT2D eigenvalue weighted by molar-refractivity contribution is 5.82. The molecule has 1 saturated heterocycles. The molecule has 2 rings (SSSR count). The first-order valence-electron chi connectivity index (χ1n) is 7.71. The van der Waals surface area contributed by atoms with Crippen LogP contribution in [-0.4, -0.2) is 37.9 Å². The van der Waals surface area contributed by atoms with Crippen LogP contribution in [0.15, 0.2) is 0 Å². The molecular formula is C15H27NO3. The highest BCUT2D eigenvalue weighted by Gasteiger charge is 2.60. The molecule has 0 amide bonds. The molecule has 4 heteroatoms. The molecule has 110 valence electrons. The average molecular weight is 269 g/mol. The third-order valence-electron chi connectivity index (χ3n) is 4.86. The van der Waals surface area contributed by atoms with Crippen molar-refractivity contribution in [2.24, 2.45) is 5.41 Å². The van der Waals surface area contributed by atoms with Gasteiger partial charge in [0, 0.05) is 18.6 Å². The second kappa shape index (κ2) is 6.23. The van der Waals surface area contributed by atoms with E-state index < -0.39 is 5.54 Å². The maximum Gasteiger partial charge on any atom is 0.326 e. The van der Waals surface area contributed by atoms with E-state index in [2.05, 4.69) is 12.2 Å². The molecule has 0 aromatic carbocycles. The predicted octanol–water partition coefficient (Wildman–Crippen LogP) is 2.27. The highest BCUT2D eigenvalue weighted by Crippen LogP contribution is 2.53. The zero-order chi connectivity index (χ0) is 13.8. The van der Waals surface area contributed by atoms with Crippen molar-refractivity contribution in [3.05, 3.63) is 0 Å². The van der Waals surface area contributed by atoms with E-state index in [0.29, 0.717) is 6.61 Å². The minimum atomic E-state index is -0.469. The first-order chi connectivity index (χ1) is 9.21. The van der Waals surface area contributed by atoms with Crippen molar-refractivity contribution in [2.45, 2.75) is 57.9 Å². The molecule has 1 aliphatic heterocycles. The molecule has 1 unspecified atom stereocenters. The molecule has 4 nitrogen and oxygen atoms in total. The SMILES string of the molecule is CCCNC1(C(=O)OCC)CCCC12CCOCC2. The minimum absolute atomic E-state index is 0.0390. The van der Waals surface area contributed by atoms with Gasteiger partial charge >= 0.3 is 5.97 Å². The van der Waals surface area contributed by atoms with Crippen LogP contribution in [0.1, 0.15) is 52.4 Å². The molecule has 1 aliphatic carbocycles. The first kappa shape index (κ1) is 14.8. The summed E-state index contributed by atoms with van der Waals surface area (Å²) in [5, 5.41) is 3.56. The molecule has 0 bridgehead atoms. The van der Waals surface area contributed by atoms with Crippen LogP contribution < -0.4 is 5.32 Å². The van der Waals surface area contributed by atoms with Crippen molar-refractivity contribution in [2.75, 3.05) is 26.4 Å². The third-order valence-corrected chi connectivity index (χ3v) is 4.86. The smallest absolute Gasteiger partial charge is 0.326 e. The Morgan fingerprint density at radius 1 is 1.21 bits per heavy atom. The van der Waals surface area contributed by atoms with Gasteiger partial charge in [-0.05, 0) is 45.6 Å². The minimum Gasteiger partial charge on any atom is -0.465 e. The van der Waals surface area contributed by atoms with Crippen molar-refractivity contribution in [1.82, 2.24) is 5.32 Å². The molecule has 0 radical (unpaired) electrons. The van der Waals surface area contributed by atoms with Gasteiger partial charge in [0.15, 0.2) is 0 Å². The van der Waals surface area contributed by atoms with Crippen molar-refractivity contribution in [3.63, 3.8) is 0 Å². The molecular weight excluding hydrogens is 242 g/mol. The van der Waals surface area contributed by atoms with Crippen LogP contribution in [0.3, 0.4) is 0 Å². The number of esters is 1. The van der Waals surface area contributed by atoms with Crippen LogP contribution in [0.5, 0.6) is 0 Å². The van der Waals surface area contributed by atoms with Crippen molar-refractivity contribution < 1.29 is 14.3 Å². The Labute approximate surface area is 116 Å². The van der Waals surface area contributed by atoms with Crippen LogP contribution in [0.2, 0.25) is 0 Å². The number of carbonyl (C=O) groups excluding carboxylic acids is 1. The van der Waals surface area contributed by atoms with Gasteiger partial charge in [0.2, 0.25) is 0 Å². The zero-order valence-corrected chi connectivity index (χ0v) is 12.3. The third kappa shape index (κ3) is 2.52. The number of rotatable bonds is 5. The molecule has 0 aromatic heterocycles. The standard InChI is InChI=1S/C15H27NO3/c1-3-10-16-15(13(17)19-4-2)7-5-6-14(15)8-11-18-12-9-14/h16H,3-12H2,1-2H3. The Kier molecular flexibility index (Phi) is 4.85. The van der Waals surface area contributed by atoms with Crippen LogP contribution in [0.4, 0.5) is 0 Å². The summed E-state index contributed by atoms with van der Waals surface area (Å²) < 4.78 is 10.9. The van der Waals surface area contributed by atoms with Crippen LogP contribution in [0.25, 0.3) is 0 Å². The summed E-state index contributed by atoms with van der Waals surface area (Å²) in [6.45, 7) is 6.90. The fraction of sp³-hybridized carbons (Fsp3) is 0.933. The van der Waals surface area contributed by atoms with Gasteiger partial charge in [-0.1, -0.05) is 13.3 Å². The predicted molar refractivity (Wildman–Crippen MR) is 74.0 cm³/mol. The van der Waals surface area contributed by atoms with E-state index in [-0.39, 0.29) is 11.4 Å². The number of ether oxygens (including phenoxy) is 2.